The Hall–Kier alpha value is -3.53. The van der Waals surface area contributed by atoms with Crippen LogP contribution >= 0.6 is 0 Å². The van der Waals surface area contributed by atoms with Gasteiger partial charge in [0.25, 0.3) is 5.91 Å². The van der Waals surface area contributed by atoms with Crippen LogP contribution in [0.5, 0.6) is 0 Å². The highest BCUT2D eigenvalue weighted by Crippen LogP contribution is 2.35. The van der Waals surface area contributed by atoms with Crippen LogP contribution in [-0.4, -0.2) is 30.9 Å². The number of nitrogen functional groups attached to an aromatic ring is 1. The molecule has 0 aliphatic rings. The SMILES string of the molecule is CO[C@@](OC(C)=O)(C(=O)NCc1ccc(C(=N)N)cc1)c1c(F)ccc(NC(C)C)c1F. The Labute approximate surface area is 184 Å². The van der Waals surface area contributed by atoms with Crippen LogP contribution in [0.3, 0.4) is 0 Å². The van der Waals surface area contributed by atoms with Gasteiger partial charge in [-0.25, -0.2) is 8.78 Å². The van der Waals surface area contributed by atoms with E-state index < -0.39 is 34.9 Å². The summed E-state index contributed by atoms with van der Waals surface area (Å²) < 4.78 is 40.3. The van der Waals surface area contributed by atoms with Crippen LogP contribution < -0.4 is 16.4 Å². The van der Waals surface area contributed by atoms with E-state index in [9.17, 15) is 14.0 Å². The van der Waals surface area contributed by atoms with Crippen molar-refractivity contribution < 1.29 is 27.8 Å². The minimum absolute atomic E-state index is 0.0729. The number of amides is 1. The highest BCUT2D eigenvalue weighted by molar-refractivity contribution is 5.94. The van der Waals surface area contributed by atoms with Crippen molar-refractivity contribution in [2.24, 2.45) is 5.73 Å². The summed E-state index contributed by atoms with van der Waals surface area (Å²) in [5, 5.41) is 12.7. The topological polar surface area (TPSA) is 127 Å². The Bertz CT molecular complexity index is 1010. The molecule has 0 saturated carbocycles. The van der Waals surface area contributed by atoms with Gasteiger partial charge >= 0.3 is 11.8 Å². The van der Waals surface area contributed by atoms with Gasteiger partial charge in [0.1, 0.15) is 17.2 Å². The third-order valence-electron chi connectivity index (χ3n) is 4.46. The van der Waals surface area contributed by atoms with Crippen molar-refractivity contribution in [1.29, 1.82) is 5.41 Å². The number of nitrogens with one attached hydrogen (secondary N) is 3. The minimum Gasteiger partial charge on any atom is -0.419 e. The van der Waals surface area contributed by atoms with Crippen LogP contribution in [-0.2, 0) is 31.4 Å². The number of amidine groups is 1. The van der Waals surface area contributed by atoms with E-state index in [1.54, 1.807) is 38.1 Å². The Morgan fingerprint density at radius 2 is 1.78 bits per heavy atom. The predicted molar refractivity (Wildman–Crippen MR) is 115 cm³/mol. The van der Waals surface area contributed by atoms with Crippen molar-refractivity contribution in [2.45, 2.75) is 39.1 Å². The van der Waals surface area contributed by atoms with E-state index in [1.165, 1.54) is 6.07 Å². The number of benzene rings is 2. The number of rotatable bonds is 9. The second kappa shape index (κ2) is 10.2. The average molecular weight is 448 g/mol. The number of hydrogen-bond donors (Lipinski definition) is 4. The van der Waals surface area contributed by atoms with Gasteiger partial charge in [-0.15, -0.1) is 0 Å². The Morgan fingerprint density at radius 1 is 1.16 bits per heavy atom. The lowest BCUT2D eigenvalue weighted by atomic mass is 10.0. The second-order valence-corrected chi connectivity index (χ2v) is 7.29. The quantitative estimate of drug-likeness (QED) is 0.202. The Kier molecular flexibility index (Phi) is 7.87. The molecule has 0 saturated heterocycles. The predicted octanol–water partition coefficient (Wildman–Crippen LogP) is 2.75. The lowest BCUT2D eigenvalue weighted by molar-refractivity contribution is -0.226. The number of hydrogen-bond acceptors (Lipinski definition) is 6. The summed E-state index contributed by atoms with van der Waals surface area (Å²) >= 11 is 0. The molecule has 32 heavy (non-hydrogen) atoms. The van der Waals surface area contributed by atoms with Crippen molar-refractivity contribution in [1.82, 2.24) is 5.32 Å². The molecule has 0 fully saturated rings. The minimum atomic E-state index is -2.70. The van der Waals surface area contributed by atoms with Gasteiger partial charge < -0.3 is 25.8 Å². The molecule has 0 aliphatic carbocycles. The van der Waals surface area contributed by atoms with Crippen LogP contribution in [0, 0.1) is 17.0 Å². The fraction of sp³-hybridized carbons (Fsp3) is 0.318. The van der Waals surface area contributed by atoms with Gasteiger partial charge in [-0.1, -0.05) is 24.3 Å². The molecule has 2 rings (SSSR count). The molecule has 0 radical (unpaired) electrons. The van der Waals surface area contributed by atoms with Crippen molar-refractivity contribution >= 4 is 23.4 Å². The zero-order valence-corrected chi connectivity index (χ0v) is 18.2. The van der Waals surface area contributed by atoms with Crippen LogP contribution in [0.2, 0.25) is 0 Å². The van der Waals surface area contributed by atoms with Crippen molar-refractivity contribution in [2.75, 3.05) is 12.4 Å². The number of carbonyl (C=O) groups excluding carboxylic acids is 2. The van der Waals surface area contributed by atoms with Crippen molar-refractivity contribution in [3.8, 4) is 0 Å². The van der Waals surface area contributed by atoms with E-state index in [0.717, 1.165) is 20.1 Å². The monoisotopic (exact) mass is 448 g/mol. The summed E-state index contributed by atoms with van der Waals surface area (Å²) in [5.74, 6) is -7.12. The molecule has 10 heteroatoms. The molecule has 0 aromatic heterocycles. The second-order valence-electron chi connectivity index (χ2n) is 7.29. The van der Waals surface area contributed by atoms with Gasteiger partial charge in [-0.05, 0) is 31.5 Å². The molecular formula is C22H26F2N4O4. The van der Waals surface area contributed by atoms with E-state index in [-0.39, 0.29) is 24.1 Å². The normalized spacial score (nSPS) is 12.7. The highest BCUT2D eigenvalue weighted by Gasteiger charge is 2.49. The third-order valence-corrected chi connectivity index (χ3v) is 4.46. The summed E-state index contributed by atoms with van der Waals surface area (Å²) in [5.41, 5.74) is 5.57. The van der Waals surface area contributed by atoms with Gasteiger partial charge in [0, 0.05) is 32.2 Å². The zero-order valence-electron chi connectivity index (χ0n) is 18.2. The lowest BCUT2D eigenvalue weighted by Gasteiger charge is -2.31. The van der Waals surface area contributed by atoms with Crippen LogP contribution in [0.25, 0.3) is 0 Å². The Morgan fingerprint density at radius 3 is 2.28 bits per heavy atom. The molecule has 0 bridgehead atoms. The number of methoxy groups -OCH3 is 1. The first-order valence-corrected chi connectivity index (χ1v) is 9.73. The number of esters is 1. The molecule has 172 valence electrons. The van der Waals surface area contributed by atoms with Gasteiger partial charge in [0.05, 0.1) is 5.69 Å². The van der Waals surface area contributed by atoms with E-state index in [0.29, 0.717) is 11.1 Å². The van der Waals surface area contributed by atoms with E-state index in [2.05, 4.69) is 10.6 Å². The van der Waals surface area contributed by atoms with Gasteiger partial charge in [-0.3, -0.25) is 15.0 Å². The molecular weight excluding hydrogens is 422 g/mol. The number of ether oxygens (including phenoxy) is 2. The van der Waals surface area contributed by atoms with Gasteiger partial charge in [0.15, 0.2) is 5.82 Å². The molecule has 2 aromatic rings. The molecule has 0 unspecified atom stereocenters. The summed E-state index contributed by atoms with van der Waals surface area (Å²) in [7, 11) is 1.01. The van der Waals surface area contributed by atoms with E-state index in [4.69, 9.17) is 20.6 Å². The van der Waals surface area contributed by atoms with Crippen molar-refractivity contribution in [3.05, 3.63) is 64.7 Å². The third kappa shape index (κ3) is 5.38. The van der Waals surface area contributed by atoms with Crippen LogP contribution in [0.4, 0.5) is 14.5 Å². The summed E-state index contributed by atoms with van der Waals surface area (Å²) in [6, 6.07) is 8.34. The molecule has 8 nitrogen and oxygen atoms in total. The first-order chi connectivity index (χ1) is 15.0. The maximum atomic E-state index is 15.3. The summed E-state index contributed by atoms with van der Waals surface area (Å²) in [6.45, 7) is 4.43. The summed E-state index contributed by atoms with van der Waals surface area (Å²) in [6.07, 6.45) is 0. The van der Waals surface area contributed by atoms with Gasteiger partial charge in [-0.2, -0.15) is 0 Å². The number of halogens is 2. The van der Waals surface area contributed by atoms with E-state index in [1.807, 2.05) is 0 Å². The largest absolute Gasteiger partial charge is 0.419 e. The van der Waals surface area contributed by atoms with Crippen molar-refractivity contribution in [3.63, 3.8) is 0 Å². The number of carbonyl (C=O) groups is 2. The average Bonchev–Trinajstić information content (AvgIpc) is 2.73. The van der Waals surface area contributed by atoms with Crippen LogP contribution in [0.15, 0.2) is 36.4 Å². The maximum Gasteiger partial charge on any atom is 0.326 e. The summed E-state index contributed by atoms with van der Waals surface area (Å²) in [4.78, 5) is 24.9. The lowest BCUT2D eigenvalue weighted by Crippen LogP contribution is -2.50. The first-order valence-electron chi connectivity index (χ1n) is 9.73. The van der Waals surface area contributed by atoms with E-state index >= 15 is 4.39 Å². The fourth-order valence-electron chi connectivity index (χ4n) is 3.03. The fourth-order valence-corrected chi connectivity index (χ4v) is 3.03. The molecule has 1 amide bonds. The zero-order chi connectivity index (χ0) is 24.1. The smallest absolute Gasteiger partial charge is 0.326 e. The number of anilines is 1. The molecule has 0 aliphatic heterocycles. The molecule has 1 atom stereocenters. The first kappa shape index (κ1) is 24.7. The standard InChI is InChI=1S/C22H26F2N4O4/c1-12(2)28-17-10-9-16(23)18(19(17)24)22(31-4,32-13(3)29)21(30)27-11-14-5-7-15(8-6-14)20(25)26/h5-10,12,28H,11H2,1-4H3,(H3,25,26)(H,27,30)/t22-/m0/s1. The molecule has 5 N–H and O–H groups in total. The molecule has 0 heterocycles. The maximum absolute atomic E-state index is 15.3. The Balaban J connectivity index is 2.45. The number of nitrogens with two attached hydrogens (primary N) is 1. The highest BCUT2D eigenvalue weighted by atomic mass is 19.1. The van der Waals surface area contributed by atoms with Gasteiger partial charge in [0.2, 0.25) is 0 Å². The van der Waals surface area contributed by atoms with Crippen LogP contribution in [0.1, 0.15) is 37.5 Å². The molecule has 0 spiro atoms. The molecule has 2 aromatic carbocycles.